The average Bonchev–Trinajstić information content (AvgIpc) is 3.08. The van der Waals surface area contributed by atoms with E-state index in [0.717, 1.165) is 17.3 Å². The van der Waals surface area contributed by atoms with E-state index in [0.29, 0.717) is 17.9 Å². The van der Waals surface area contributed by atoms with Crippen LogP contribution in [-0.4, -0.2) is 32.1 Å². The van der Waals surface area contributed by atoms with Gasteiger partial charge >= 0.3 is 6.03 Å². The summed E-state index contributed by atoms with van der Waals surface area (Å²) < 4.78 is 32.5. The summed E-state index contributed by atoms with van der Waals surface area (Å²) in [5, 5.41) is 6.74. The summed E-state index contributed by atoms with van der Waals surface area (Å²) in [6.45, 7) is 3.57. The quantitative estimate of drug-likeness (QED) is 0.727. The molecular formula is C19H17F2N5O2. The van der Waals surface area contributed by atoms with Gasteiger partial charge in [-0.05, 0) is 25.5 Å². The summed E-state index contributed by atoms with van der Waals surface area (Å²) in [7, 11) is 0. The Bertz CT molecular complexity index is 1020. The van der Waals surface area contributed by atoms with E-state index in [9.17, 15) is 13.6 Å². The molecule has 2 aromatic heterocycles. The van der Waals surface area contributed by atoms with Crippen molar-refractivity contribution < 1.29 is 18.1 Å². The first kappa shape index (κ1) is 18.0. The van der Waals surface area contributed by atoms with Crippen LogP contribution >= 0.6 is 0 Å². The summed E-state index contributed by atoms with van der Waals surface area (Å²) in [5.74, 6) is -1.46. The van der Waals surface area contributed by atoms with Crippen molar-refractivity contribution in [3.63, 3.8) is 0 Å². The zero-order valence-electron chi connectivity index (χ0n) is 15.2. The third kappa shape index (κ3) is 3.19. The summed E-state index contributed by atoms with van der Waals surface area (Å²) in [5.41, 5.74) is 2.37. The number of hydrogen-bond acceptors (Lipinski definition) is 5. The van der Waals surface area contributed by atoms with Crippen molar-refractivity contribution in [2.45, 2.75) is 32.9 Å². The molecule has 0 bridgehead atoms. The number of nitrogens with one attached hydrogen (secondary N) is 1. The van der Waals surface area contributed by atoms with E-state index < -0.39 is 17.7 Å². The lowest BCUT2D eigenvalue weighted by Crippen LogP contribution is -2.44. The van der Waals surface area contributed by atoms with Gasteiger partial charge in [-0.2, -0.15) is 0 Å². The van der Waals surface area contributed by atoms with Crippen molar-refractivity contribution >= 4 is 11.7 Å². The van der Waals surface area contributed by atoms with Crippen LogP contribution in [0.1, 0.15) is 23.7 Å². The minimum absolute atomic E-state index is 0.119. The van der Waals surface area contributed by atoms with Crippen molar-refractivity contribution in [1.82, 2.24) is 20.0 Å². The Morgan fingerprint density at radius 2 is 2.14 bits per heavy atom. The number of halogens is 2. The number of carbonyl (C=O) groups excluding carboxylic acids is 1. The number of urea groups is 1. The molecule has 4 rings (SSSR count). The molecule has 1 N–H and O–H groups in total. The molecule has 1 aliphatic heterocycles. The molecule has 0 aliphatic carbocycles. The number of aromatic nitrogens is 3. The maximum atomic E-state index is 13.6. The molecule has 0 unspecified atom stereocenters. The third-order valence-electron chi connectivity index (χ3n) is 4.74. The Hall–Kier alpha value is -3.36. The van der Waals surface area contributed by atoms with Crippen LogP contribution in [0.3, 0.4) is 0 Å². The smallest absolute Gasteiger partial charge is 0.322 e. The topological polar surface area (TPSA) is 84.2 Å². The first-order valence-electron chi connectivity index (χ1n) is 8.71. The van der Waals surface area contributed by atoms with Gasteiger partial charge in [0.25, 0.3) is 0 Å². The first-order chi connectivity index (χ1) is 13.4. The first-order valence-corrected chi connectivity index (χ1v) is 8.71. The second kappa shape index (κ2) is 6.99. The molecule has 0 saturated heterocycles. The van der Waals surface area contributed by atoms with Gasteiger partial charge in [0.05, 0.1) is 18.4 Å². The summed E-state index contributed by atoms with van der Waals surface area (Å²) in [6, 6.07) is 1.78. The summed E-state index contributed by atoms with van der Waals surface area (Å²) >= 11 is 0. The van der Waals surface area contributed by atoms with Gasteiger partial charge in [0.15, 0.2) is 17.4 Å². The van der Waals surface area contributed by atoms with Gasteiger partial charge in [0.2, 0.25) is 0 Å². The molecule has 0 saturated carbocycles. The maximum Gasteiger partial charge on any atom is 0.322 e. The number of rotatable bonds is 2. The van der Waals surface area contributed by atoms with E-state index >= 15 is 0 Å². The highest BCUT2D eigenvalue weighted by Crippen LogP contribution is 2.31. The fourth-order valence-corrected chi connectivity index (χ4v) is 3.27. The largest absolute Gasteiger partial charge is 0.354 e. The van der Waals surface area contributed by atoms with Gasteiger partial charge in [0.1, 0.15) is 5.69 Å². The molecule has 1 atom stereocenters. The van der Waals surface area contributed by atoms with E-state index in [1.54, 1.807) is 23.5 Å². The fourth-order valence-electron chi connectivity index (χ4n) is 3.27. The molecule has 0 radical (unpaired) electrons. The molecule has 0 spiro atoms. The third-order valence-corrected chi connectivity index (χ3v) is 4.74. The Morgan fingerprint density at radius 1 is 1.32 bits per heavy atom. The number of anilines is 1. The Labute approximate surface area is 159 Å². The van der Waals surface area contributed by atoms with E-state index in [-0.39, 0.29) is 23.8 Å². The molecule has 9 heteroatoms. The number of fused-ring (bicyclic) bond motifs is 1. The molecule has 144 valence electrons. The standard InChI is InChI=1S/C19H17F2N5O2/c1-10-5-12(7-14(20)17(10)21)24-19(27)26-9-13-15(6-11(26)2)25-28-18(13)16-8-22-3-4-23-16/h3-5,7-8,11H,6,9H2,1-2H3,(H,24,27)/t11-/m0/s1. The van der Waals surface area contributed by atoms with Crippen LogP contribution in [0.25, 0.3) is 11.5 Å². The van der Waals surface area contributed by atoms with Gasteiger partial charge in [0, 0.05) is 42.2 Å². The lowest BCUT2D eigenvalue weighted by atomic mass is 9.99. The highest BCUT2D eigenvalue weighted by Gasteiger charge is 2.32. The number of amides is 2. The van der Waals surface area contributed by atoms with Crippen molar-refractivity contribution in [3.05, 3.63) is 59.2 Å². The molecule has 1 aliphatic rings. The van der Waals surface area contributed by atoms with Crippen LogP contribution in [0.15, 0.2) is 35.2 Å². The van der Waals surface area contributed by atoms with Crippen LogP contribution < -0.4 is 5.32 Å². The molecule has 3 aromatic rings. The SMILES string of the molecule is Cc1cc(NC(=O)N2Cc3c(noc3-c3cnccn3)C[C@@H]2C)cc(F)c1F. The Balaban J connectivity index is 1.59. The number of nitrogens with zero attached hydrogens (tertiary/aromatic N) is 4. The molecular weight excluding hydrogens is 368 g/mol. The lowest BCUT2D eigenvalue weighted by molar-refractivity contribution is 0.182. The predicted octanol–water partition coefficient (Wildman–Crippen LogP) is 3.70. The fraction of sp³-hybridized carbons (Fsp3) is 0.263. The number of aryl methyl sites for hydroxylation is 1. The number of benzene rings is 1. The highest BCUT2D eigenvalue weighted by molar-refractivity contribution is 5.90. The summed E-state index contributed by atoms with van der Waals surface area (Å²) in [6.07, 6.45) is 5.17. The van der Waals surface area contributed by atoms with Crippen molar-refractivity contribution in [1.29, 1.82) is 0 Å². The normalized spacial score (nSPS) is 16.0. The summed E-state index contributed by atoms with van der Waals surface area (Å²) in [4.78, 5) is 22.6. The van der Waals surface area contributed by atoms with Crippen LogP contribution in [0.5, 0.6) is 0 Å². The molecule has 0 fully saturated rings. The Morgan fingerprint density at radius 3 is 2.86 bits per heavy atom. The minimum Gasteiger partial charge on any atom is -0.354 e. The predicted molar refractivity (Wildman–Crippen MR) is 96.4 cm³/mol. The van der Waals surface area contributed by atoms with Gasteiger partial charge < -0.3 is 14.7 Å². The van der Waals surface area contributed by atoms with Gasteiger partial charge in [-0.1, -0.05) is 5.16 Å². The lowest BCUT2D eigenvalue weighted by Gasteiger charge is -2.32. The van der Waals surface area contributed by atoms with Crippen LogP contribution in [0.2, 0.25) is 0 Å². The second-order valence-corrected chi connectivity index (χ2v) is 6.73. The molecule has 28 heavy (non-hydrogen) atoms. The highest BCUT2D eigenvalue weighted by atomic mass is 19.2. The van der Waals surface area contributed by atoms with Gasteiger partial charge in [-0.25, -0.2) is 18.6 Å². The van der Waals surface area contributed by atoms with E-state index in [1.165, 1.54) is 13.0 Å². The van der Waals surface area contributed by atoms with E-state index in [1.807, 2.05) is 6.92 Å². The second-order valence-electron chi connectivity index (χ2n) is 6.73. The monoisotopic (exact) mass is 385 g/mol. The molecule has 2 amide bonds. The van der Waals surface area contributed by atoms with Crippen molar-refractivity contribution in [2.24, 2.45) is 0 Å². The van der Waals surface area contributed by atoms with E-state index in [4.69, 9.17) is 4.52 Å². The van der Waals surface area contributed by atoms with Crippen LogP contribution in [0.4, 0.5) is 19.3 Å². The van der Waals surface area contributed by atoms with Crippen molar-refractivity contribution in [3.8, 4) is 11.5 Å². The zero-order chi connectivity index (χ0) is 19.8. The van der Waals surface area contributed by atoms with Crippen LogP contribution in [-0.2, 0) is 13.0 Å². The Kier molecular flexibility index (Phi) is 4.50. The average molecular weight is 385 g/mol. The molecule has 7 nitrogen and oxygen atoms in total. The van der Waals surface area contributed by atoms with Crippen molar-refractivity contribution in [2.75, 3.05) is 5.32 Å². The zero-order valence-corrected chi connectivity index (χ0v) is 15.2. The van der Waals surface area contributed by atoms with Crippen LogP contribution in [0, 0.1) is 18.6 Å². The maximum absolute atomic E-state index is 13.6. The van der Waals surface area contributed by atoms with Gasteiger partial charge in [-0.15, -0.1) is 0 Å². The number of carbonyl (C=O) groups is 1. The molecule has 1 aromatic carbocycles. The molecule has 3 heterocycles. The van der Waals surface area contributed by atoms with E-state index in [2.05, 4.69) is 20.4 Å². The van der Waals surface area contributed by atoms with Gasteiger partial charge in [-0.3, -0.25) is 4.98 Å². The minimum atomic E-state index is -1.01. The number of hydrogen-bond donors (Lipinski definition) is 1.